The molecule has 0 saturated carbocycles. The fourth-order valence-corrected chi connectivity index (χ4v) is 2.26. The number of para-hydroxylation sites is 1. The Morgan fingerprint density at radius 2 is 1.38 bits per heavy atom. The van der Waals surface area contributed by atoms with Crippen LogP contribution in [-0.4, -0.2) is 11.8 Å². The molecule has 0 aliphatic rings. The summed E-state index contributed by atoms with van der Waals surface area (Å²) in [5.41, 5.74) is 0.676. The Bertz CT molecular complexity index is 684. The molecule has 2 aromatic carbocycles. The van der Waals surface area contributed by atoms with Gasteiger partial charge in [0.2, 0.25) is 0 Å². The van der Waals surface area contributed by atoms with Crippen LogP contribution in [0, 0.1) is 0 Å². The third-order valence-corrected chi connectivity index (χ3v) is 3.21. The minimum absolute atomic E-state index is 0.326. The molecule has 0 fully saturated rings. The number of hydrogen-bond donors (Lipinski definition) is 2. The highest BCUT2D eigenvalue weighted by molar-refractivity contribution is 6.45. The van der Waals surface area contributed by atoms with Crippen LogP contribution in [-0.2, 0) is 9.59 Å². The number of anilines is 2. The van der Waals surface area contributed by atoms with Crippen LogP contribution in [0.4, 0.5) is 11.4 Å². The molecule has 108 valence electrons. The summed E-state index contributed by atoms with van der Waals surface area (Å²) in [6.07, 6.45) is 0. The quantitative estimate of drug-likeness (QED) is 0.802. The Kier molecular flexibility index (Phi) is 5.07. The number of rotatable bonds is 2. The number of carbonyl (C=O) groups excluding carboxylic acids is 2. The van der Waals surface area contributed by atoms with Crippen LogP contribution in [0.2, 0.25) is 15.1 Å². The first-order valence-corrected chi connectivity index (χ1v) is 6.92. The molecule has 0 aliphatic heterocycles. The van der Waals surface area contributed by atoms with E-state index < -0.39 is 11.8 Å². The molecule has 0 heterocycles. The second kappa shape index (κ2) is 6.80. The largest absolute Gasteiger partial charge is 0.318 e. The fraction of sp³-hybridized carbons (Fsp3) is 0. The second-order valence-electron chi connectivity index (χ2n) is 4.05. The second-order valence-corrected chi connectivity index (χ2v) is 5.33. The van der Waals surface area contributed by atoms with E-state index in [4.69, 9.17) is 34.8 Å². The maximum atomic E-state index is 11.8. The summed E-state index contributed by atoms with van der Waals surface area (Å²) < 4.78 is 0. The van der Waals surface area contributed by atoms with Gasteiger partial charge in [0.1, 0.15) is 0 Å². The van der Waals surface area contributed by atoms with E-state index in [9.17, 15) is 9.59 Å². The van der Waals surface area contributed by atoms with Crippen molar-refractivity contribution in [3.05, 3.63) is 57.5 Å². The Morgan fingerprint density at radius 1 is 0.810 bits per heavy atom. The molecule has 7 heteroatoms. The van der Waals surface area contributed by atoms with E-state index in [1.54, 1.807) is 24.3 Å². The van der Waals surface area contributed by atoms with E-state index in [1.165, 1.54) is 18.2 Å². The lowest BCUT2D eigenvalue weighted by molar-refractivity contribution is -0.132. The van der Waals surface area contributed by atoms with Gasteiger partial charge in [0.05, 0.1) is 10.7 Å². The average molecular weight is 344 g/mol. The van der Waals surface area contributed by atoms with Crippen LogP contribution in [0.15, 0.2) is 42.5 Å². The van der Waals surface area contributed by atoms with Gasteiger partial charge >= 0.3 is 11.8 Å². The van der Waals surface area contributed by atoms with Gasteiger partial charge in [-0.3, -0.25) is 9.59 Å². The number of carbonyl (C=O) groups is 2. The molecule has 0 saturated heterocycles. The Hall–Kier alpha value is -1.75. The lowest BCUT2D eigenvalue weighted by Crippen LogP contribution is -2.29. The van der Waals surface area contributed by atoms with E-state index in [0.717, 1.165) is 0 Å². The minimum Gasteiger partial charge on any atom is -0.318 e. The van der Waals surface area contributed by atoms with Crippen molar-refractivity contribution in [3.63, 3.8) is 0 Å². The monoisotopic (exact) mass is 342 g/mol. The summed E-state index contributed by atoms with van der Waals surface area (Å²) in [4.78, 5) is 23.6. The van der Waals surface area contributed by atoms with Crippen LogP contribution in [0.3, 0.4) is 0 Å². The van der Waals surface area contributed by atoms with Crippen molar-refractivity contribution in [2.45, 2.75) is 0 Å². The van der Waals surface area contributed by atoms with Gasteiger partial charge in [-0.1, -0.05) is 46.9 Å². The van der Waals surface area contributed by atoms with Crippen molar-refractivity contribution >= 4 is 58.0 Å². The van der Waals surface area contributed by atoms with Crippen LogP contribution in [0.25, 0.3) is 0 Å². The standard InChI is InChI=1S/C14H9Cl3N2O2/c15-8-5-9(16)7-10(6-8)18-13(20)14(21)19-12-4-2-1-3-11(12)17/h1-7H,(H,18,20)(H,19,21). The Labute approximate surface area is 136 Å². The molecule has 0 bridgehead atoms. The molecule has 2 rings (SSSR count). The summed E-state index contributed by atoms with van der Waals surface area (Å²) in [6, 6.07) is 11.1. The van der Waals surface area contributed by atoms with E-state index in [2.05, 4.69) is 10.6 Å². The van der Waals surface area contributed by atoms with Crippen molar-refractivity contribution < 1.29 is 9.59 Å². The maximum Gasteiger partial charge on any atom is 0.314 e. The highest BCUT2D eigenvalue weighted by Gasteiger charge is 2.15. The first-order valence-electron chi connectivity index (χ1n) is 5.78. The SMILES string of the molecule is O=C(Nc1cc(Cl)cc(Cl)c1)C(=O)Nc1ccccc1Cl. The van der Waals surface area contributed by atoms with Gasteiger partial charge < -0.3 is 10.6 Å². The molecule has 21 heavy (non-hydrogen) atoms. The van der Waals surface area contributed by atoms with E-state index in [1.807, 2.05) is 0 Å². The third kappa shape index (κ3) is 4.36. The predicted octanol–water partition coefficient (Wildman–Crippen LogP) is 4.22. The lowest BCUT2D eigenvalue weighted by Gasteiger charge is -2.08. The van der Waals surface area contributed by atoms with E-state index in [0.29, 0.717) is 26.4 Å². The molecule has 0 unspecified atom stereocenters. The smallest absolute Gasteiger partial charge is 0.314 e. The summed E-state index contributed by atoms with van der Waals surface area (Å²) in [5.74, 6) is -1.70. The molecule has 0 radical (unpaired) electrons. The van der Waals surface area contributed by atoms with Gasteiger partial charge in [0.25, 0.3) is 0 Å². The van der Waals surface area contributed by atoms with Crippen LogP contribution < -0.4 is 10.6 Å². The van der Waals surface area contributed by atoms with Crippen molar-refractivity contribution in [2.24, 2.45) is 0 Å². The van der Waals surface area contributed by atoms with Gasteiger partial charge in [0, 0.05) is 15.7 Å². The van der Waals surface area contributed by atoms with E-state index in [-0.39, 0.29) is 0 Å². The lowest BCUT2D eigenvalue weighted by atomic mass is 10.3. The third-order valence-electron chi connectivity index (χ3n) is 2.45. The van der Waals surface area contributed by atoms with Gasteiger partial charge in [-0.15, -0.1) is 0 Å². The number of hydrogen-bond acceptors (Lipinski definition) is 2. The van der Waals surface area contributed by atoms with Crippen LogP contribution in [0.5, 0.6) is 0 Å². The molecule has 0 aliphatic carbocycles. The highest BCUT2D eigenvalue weighted by Crippen LogP contribution is 2.23. The van der Waals surface area contributed by atoms with Crippen molar-refractivity contribution in [2.75, 3.05) is 10.6 Å². The van der Waals surface area contributed by atoms with Crippen molar-refractivity contribution in [1.29, 1.82) is 0 Å². The zero-order valence-corrected chi connectivity index (χ0v) is 12.8. The van der Waals surface area contributed by atoms with Gasteiger partial charge in [0.15, 0.2) is 0 Å². The zero-order chi connectivity index (χ0) is 15.4. The summed E-state index contributed by atoms with van der Waals surface area (Å²) >= 11 is 17.5. The van der Waals surface area contributed by atoms with Gasteiger partial charge in [-0.2, -0.15) is 0 Å². The summed E-state index contributed by atoms with van der Waals surface area (Å²) in [5, 5.41) is 5.85. The topological polar surface area (TPSA) is 58.2 Å². The predicted molar refractivity (Wildman–Crippen MR) is 85.2 cm³/mol. The van der Waals surface area contributed by atoms with Crippen molar-refractivity contribution in [3.8, 4) is 0 Å². The van der Waals surface area contributed by atoms with Gasteiger partial charge in [-0.25, -0.2) is 0 Å². The fourth-order valence-electron chi connectivity index (χ4n) is 1.56. The molecule has 2 amide bonds. The van der Waals surface area contributed by atoms with Gasteiger partial charge in [-0.05, 0) is 30.3 Å². The summed E-state index contributed by atoms with van der Waals surface area (Å²) in [7, 11) is 0. The van der Waals surface area contributed by atoms with Crippen LogP contribution >= 0.6 is 34.8 Å². The van der Waals surface area contributed by atoms with Crippen LogP contribution in [0.1, 0.15) is 0 Å². The number of halogens is 3. The maximum absolute atomic E-state index is 11.8. The minimum atomic E-state index is -0.853. The highest BCUT2D eigenvalue weighted by atomic mass is 35.5. The first kappa shape index (κ1) is 15.6. The number of amides is 2. The molecule has 0 spiro atoms. The Balaban J connectivity index is 2.06. The molecular weight excluding hydrogens is 335 g/mol. The summed E-state index contributed by atoms with van der Waals surface area (Å²) in [6.45, 7) is 0. The molecule has 2 aromatic rings. The first-order chi connectivity index (χ1) is 9.95. The number of benzene rings is 2. The normalized spacial score (nSPS) is 10.0. The van der Waals surface area contributed by atoms with Crippen molar-refractivity contribution in [1.82, 2.24) is 0 Å². The molecule has 0 aromatic heterocycles. The molecule has 0 atom stereocenters. The average Bonchev–Trinajstić information content (AvgIpc) is 2.40. The Morgan fingerprint density at radius 3 is 2.00 bits per heavy atom. The number of nitrogens with one attached hydrogen (secondary N) is 2. The molecule has 2 N–H and O–H groups in total. The van der Waals surface area contributed by atoms with E-state index >= 15 is 0 Å². The molecular formula is C14H9Cl3N2O2. The zero-order valence-electron chi connectivity index (χ0n) is 10.5. The molecule has 4 nitrogen and oxygen atoms in total.